The molecule has 5 rings (SSSR count). The molecule has 1 aliphatic rings. The van der Waals surface area contributed by atoms with Gasteiger partial charge in [0.25, 0.3) is 10.0 Å². The van der Waals surface area contributed by atoms with Gasteiger partial charge in [0.05, 0.1) is 7.11 Å². The minimum Gasteiger partial charge on any atom is -0.480 e. The van der Waals surface area contributed by atoms with Crippen LogP contribution in [0.25, 0.3) is 22.2 Å². The average Bonchev–Trinajstić information content (AvgIpc) is 3.32. The number of anilines is 2. The summed E-state index contributed by atoms with van der Waals surface area (Å²) in [4.78, 5) is 19.1. The molecule has 0 radical (unpaired) electrons. The van der Waals surface area contributed by atoms with Gasteiger partial charge in [0.1, 0.15) is 33.3 Å². The van der Waals surface area contributed by atoms with Crippen molar-refractivity contribution in [2.45, 2.75) is 24.8 Å². The number of halogens is 2. The van der Waals surface area contributed by atoms with Gasteiger partial charge >= 0.3 is 11.9 Å². The first-order chi connectivity index (χ1) is 17.1. The molecule has 9 nitrogen and oxygen atoms in total. The monoisotopic (exact) mass is 514 g/mol. The smallest absolute Gasteiger partial charge is 0.364 e. The first-order valence-corrected chi connectivity index (χ1v) is 12.5. The van der Waals surface area contributed by atoms with Crippen molar-refractivity contribution >= 4 is 38.6 Å². The number of hydrogen-bond acceptors (Lipinski definition) is 5. The van der Waals surface area contributed by atoms with Crippen molar-refractivity contribution in [1.82, 2.24) is 9.97 Å². The van der Waals surface area contributed by atoms with E-state index < -0.39 is 26.6 Å². The van der Waals surface area contributed by atoms with Gasteiger partial charge in [-0.2, -0.15) is 0 Å². The maximum atomic E-state index is 14.2. The second-order valence-corrected chi connectivity index (χ2v) is 10.4. The third kappa shape index (κ3) is 3.92. The summed E-state index contributed by atoms with van der Waals surface area (Å²) in [5.74, 6) is -1.61. The number of imidazole rings is 1. The Hall–Kier alpha value is -4.06. The van der Waals surface area contributed by atoms with E-state index in [1.807, 2.05) is 36.6 Å². The highest BCUT2D eigenvalue weighted by Crippen LogP contribution is 2.33. The Labute approximate surface area is 205 Å². The fourth-order valence-electron chi connectivity index (χ4n) is 4.35. The molecular weight excluding hydrogens is 492 g/mol. The summed E-state index contributed by atoms with van der Waals surface area (Å²) in [6.45, 7) is 3.93. The van der Waals surface area contributed by atoms with Crippen molar-refractivity contribution < 1.29 is 31.3 Å². The molecule has 1 atom stereocenters. The second kappa shape index (κ2) is 8.55. The van der Waals surface area contributed by atoms with Gasteiger partial charge < -0.3 is 4.74 Å². The maximum absolute atomic E-state index is 14.2. The van der Waals surface area contributed by atoms with Crippen LogP contribution in [0.4, 0.5) is 20.4 Å². The Bertz CT molecular complexity index is 1640. The molecule has 0 saturated heterocycles. The van der Waals surface area contributed by atoms with E-state index in [9.17, 15) is 22.0 Å². The Morgan fingerprint density at radius 1 is 1.11 bits per heavy atom. The lowest BCUT2D eigenvalue weighted by Gasteiger charge is -2.13. The number of pyridine rings is 1. The Morgan fingerprint density at radius 2 is 1.89 bits per heavy atom. The number of amides is 1. The summed E-state index contributed by atoms with van der Waals surface area (Å²) >= 11 is 0. The molecule has 186 valence electrons. The quantitative estimate of drug-likeness (QED) is 0.339. The number of ether oxygens (including phenoxy) is 1. The Morgan fingerprint density at radius 3 is 2.58 bits per heavy atom. The lowest BCUT2D eigenvalue weighted by molar-refractivity contribution is -0.669. The van der Waals surface area contributed by atoms with Crippen molar-refractivity contribution in [2.24, 2.45) is 5.92 Å². The van der Waals surface area contributed by atoms with Crippen molar-refractivity contribution in [1.29, 1.82) is 0 Å². The standard InChI is InChI=1S/C24H21F2N5O4S/c1-12(2)21-22(32)29-24-28-17-6-4-13(9-19(17)31(21)24)14-8-18(23(35-3)27-11-14)30-36(33,34)20-7-5-15(25)10-16(20)26/h4-12,21,30H,1-3H3,(H,28,29,32)/p+1/t21-/m1/s1. The van der Waals surface area contributed by atoms with E-state index in [1.54, 1.807) is 0 Å². The average molecular weight is 515 g/mol. The van der Waals surface area contributed by atoms with Gasteiger partial charge in [0, 0.05) is 17.8 Å². The number of rotatable bonds is 6. The van der Waals surface area contributed by atoms with E-state index in [0.717, 1.165) is 23.2 Å². The summed E-state index contributed by atoms with van der Waals surface area (Å²) in [5, 5.41) is 2.86. The fourth-order valence-corrected chi connectivity index (χ4v) is 5.46. The predicted molar refractivity (Wildman–Crippen MR) is 128 cm³/mol. The van der Waals surface area contributed by atoms with E-state index in [4.69, 9.17) is 4.74 Å². The fraction of sp³-hybridized carbons (Fsp3) is 0.208. The van der Waals surface area contributed by atoms with Crippen molar-refractivity contribution in [3.05, 3.63) is 60.3 Å². The number of methoxy groups -OCH3 is 1. The minimum absolute atomic E-state index is 0.0253. The normalized spacial score (nSPS) is 15.3. The molecule has 0 aliphatic carbocycles. The number of sulfonamides is 1. The molecule has 2 aromatic heterocycles. The van der Waals surface area contributed by atoms with Crippen LogP contribution in [-0.4, -0.2) is 31.4 Å². The summed E-state index contributed by atoms with van der Waals surface area (Å²) in [5.41, 5.74) is 2.81. The van der Waals surface area contributed by atoms with Crippen LogP contribution in [0.3, 0.4) is 0 Å². The molecule has 4 aromatic rings. The molecule has 2 aromatic carbocycles. The van der Waals surface area contributed by atoms with E-state index in [1.165, 1.54) is 19.4 Å². The summed E-state index contributed by atoms with van der Waals surface area (Å²) < 4.78 is 62.5. The molecule has 1 amide bonds. The lowest BCUT2D eigenvalue weighted by Crippen LogP contribution is -2.40. The molecule has 12 heteroatoms. The number of H-pyrrole nitrogens is 1. The van der Waals surface area contributed by atoms with Gasteiger partial charge in [-0.25, -0.2) is 37.1 Å². The van der Waals surface area contributed by atoms with Crippen molar-refractivity contribution in [2.75, 3.05) is 17.1 Å². The van der Waals surface area contributed by atoms with Crippen LogP contribution >= 0.6 is 0 Å². The molecule has 3 N–H and O–H groups in total. The van der Waals surface area contributed by atoms with Crippen LogP contribution in [0.5, 0.6) is 5.88 Å². The van der Waals surface area contributed by atoms with E-state index in [0.29, 0.717) is 23.1 Å². The van der Waals surface area contributed by atoms with Crippen molar-refractivity contribution in [3.63, 3.8) is 0 Å². The van der Waals surface area contributed by atoms with Crippen LogP contribution in [0, 0.1) is 17.6 Å². The zero-order valence-corrected chi connectivity index (χ0v) is 20.3. The zero-order chi connectivity index (χ0) is 25.8. The molecule has 0 saturated carbocycles. The minimum atomic E-state index is -4.42. The van der Waals surface area contributed by atoms with Crippen LogP contribution < -0.4 is 19.3 Å². The van der Waals surface area contributed by atoms with Crippen LogP contribution in [0.2, 0.25) is 0 Å². The van der Waals surface area contributed by atoms with Gasteiger partial charge in [-0.1, -0.05) is 19.9 Å². The molecular formula is C24H22F2N5O4S+. The molecule has 0 spiro atoms. The van der Waals surface area contributed by atoms with Crippen LogP contribution in [0.1, 0.15) is 19.9 Å². The van der Waals surface area contributed by atoms with Gasteiger partial charge in [0.2, 0.25) is 5.88 Å². The maximum Gasteiger partial charge on any atom is 0.364 e. The summed E-state index contributed by atoms with van der Waals surface area (Å²) in [7, 11) is -3.10. The van der Waals surface area contributed by atoms with Crippen LogP contribution in [0.15, 0.2) is 53.6 Å². The number of carbonyl (C=O) groups is 1. The van der Waals surface area contributed by atoms with E-state index in [2.05, 4.69) is 20.0 Å². The number of aromatic nitrogens is 3. The number of nitrogens with zero attached hydrogens (tertiary/aromatic N) is 2. The van der Waals surface area contributed by atoms with E-state index >= 15 is 0 Å². The SMILES string of the molecule is COc1ncc(-c2ccc3[nH]c4[n+](c3c2)[C@H](C(C)C)C(=O)N4)cc1NS(=O)(=O)c1ccc(F)cc1F. The first-order valence-electron chi connectivity index (χ1n) is 11.0. The Kier molecular flexibility index (Phi) is 5.62. The highest BCUT2D eigenvalue weighted by atomic mass is 32.2. The number of aromatic amines is 1. The number of fused-ring (bicyclic) bond motifs is 3. The molecule has 1 aliphatic heterocycles. The largest absolute Gasteiger partial charge is 0.480 e. The van der Waals surface area contributed by atoms with Gasteiger partial charge in [0.15, 0.2) is 6.04 Å². The predicted octanol–water partition coefficient (Wildman–Crippen LogP) is 3.75. The number of carbonyl (C=O) groups excluding carboxylic acids is 1. The topological polar surface area (TPSA) is 117 Å². The van der Waals surface area contributed by atoms with Crippen molar-refractivity contribution in [3.8, 4) is 17.0 Å². The number of benzene rings is 2. The Balaban J connectivity index is 1.57. The highest BCUT2D eigenvalue weighted by molar-refractivity contribution is 7.92. The molecule has 0 fully saturated rings. The van der Waals surface area contributed by atoms with Crippen LogP contribution in [-0.2, 0) is 14.8 Å². The zero-order valence-electron chi connectivity index (χ0n) is 19.5. The van der Waals surface area contributed by atoms with Gasteiger partial charge in [-0.05, 0) is 41.8 Å². The molecule has 0 unspecified atom stereocenters. The molecule has 3 heterocycles. The molecule has 0 bridgehead atoms. The van der Waals surface area contributed by atoms with E-state index in [-0.39, 0.29) is 29.4 Å². The lowest BCUT2D eigenvalue weighted by atomic mass is 10.0. The first kappa shape index (κ1) is 23.7. The summed E-state index contributed by atoms with van der Waals surface area (Å²) in [6, 6.07) is 8.85. The van der Waals surface area contributed by atoms with Gasteiger partial charge in [-0.3, -0.25) is 9.52 Å². The van der Waals surface area contributed by atoms with Gasteiger partial charge in [-0.15, -0.1) is 0 Å². The summed E-state index contributed by atoms with van der Waals surface area (Å²) in [6.07, 6.45) is 1.51. The highest BCUT2D eigenvalue weighted by Gasteiger charge is 2.41. The third-order valence-electron chi connectivity index (χ3n) is 5.98. The third-order valence-corrected chi connectivity index (χ3v) is 7.38. The number of nitrogens with one attached hydrogen (secondary N) is 3. The number of hydrogen-bond donors (Lipinski definition) is 3. The molecule has 36 heavy (non-hydrogen) atoms. The second-order valence-electron chi connectivity index (χ2n) is 8.71.